The Bertz CT molecular complexity index is 666. The molecule has 1 nitrogen and oxygen atoms in total. The van der Waals surface area contributed by atoms with Gasteiger partial charge in [-0.1, -0.05) is 28.1 Å². The maximum atomic E-state index is 12.5. The van der Waals surface area contributed by atoms with Crippen LogP contribution in [0.3, 0.4) is 0 Å². The summed E-state index contributed by atoms with van der Waals surface area (Å²) in [6, 6.07) is 10.0. The Morgan fingerprint density at radius 2 is 1.71 bits per heavy atom. The van der Waals surface area contributed by atoms with Crippen molar-refractivity contribution in [2.45, 2.75) is 12.6 Å². The van der Waals surface area contributed by atoms with Crippen molar-refractivity contribution in [3.05, 3.63) is 67.2 Å². The van der Waals surface area contributed by atoms with Gasteiger partial charge in [0, 0.05) is 20.0 Å². The molecule has 0 aliphatic carbocycles. The van der Waals surface area contributed by atoms with Gasteiger partial charge in [0.05, 0.1) is 5.56 Å². The molecule has 6 heteroatoms. The number of ketones is 1. The maximum Gasteiger partial charge on any atom is 0.416 e. The molecule has 2 aromatic carbocycles. The number of benzene rings is 2. The highest BCUT2D eigenvalue weighted by Crippen LogP contribution is 2.29. The van der Waals surface area contributed by atoms with Crippen molar-refractivity contribution in [1.29, 1.82) is 0 Å². The zero-order chi connectivity index (χ0) is 15.6. The van der Waals surface area contributed by atoms with Crippen LogP contribution >= 0.6 is 38.5 Å². The van der Waals surface area contributed by atoms with Gasteiger partial charge in [-0.3, -0.25) is 4.79 Å². The molecule has 0 unspecified atom stereocenters. The van der Waals surface area contributed by atoms with Gasteiger partial charge in [0.25, 0.3) is 0 Å². The summed E-state index contributed by atoms with van der Waals surface area (Å²) in [6.45, 7) is 0. The van der Waals surface area contributed by atoms with Crippen LogP contribution in [-0.2, 0) is 12.6 Å². The number of carbonyl (C=O) groups is 1. The third-order valence-corrected chi connectivity index (χ3v) is 4.24. The number of hydrogen-bond acceptors (Lipinski definition) is 1. The third kappa shape index (κ3) is 4.29. The van der Waals surface area contributed by atoms with Crippen LogP contribution in [-0.4, -0.2) is 5.78 Å². The molecule has 0 aromatic heterocycles. The van der Waals surface area contributed by atoms with E-state index in [1.165, 1.54) is 12.1 Å². The summed E-state index contributed by atoms with van der Waals surface area (Å²) in [5.41, 5.74) is 0.370. The number of carbonyl (C=O) groups excluding carboxylic acids is 1. The number of halogens is 5. The fraction of sp³-hybridized carbons (Fsp3) is 0.133. The lowest BCUT2D eigenvalue weighted by atomic mass is 10.0. The van der Waals surface area contributed by atoms with E-state index in [4.69, 9.17) is 0 Å². The molecule has 0 fully saturated rings. The van der Waals surface area contributed by atoms with E-state index < -0.39 is 11.7 Å². The van der Waals surface area contributed by atoms with Crippen molar-refractivity contribution >= 4 is 44.3 Å². The monoisotopic (exact) mass is 468 g/mol. The fourth-order valence-corrected chi connectivity index (χ4v) is 2.76. The lowest BCUT2D eigenvalue weighted by Gasteiger charge is -2.08. The Kier molecular flexibility index (Phi) is 5.08. The predicted octanol–water partition coefficient (Wildman–Crippen LogP) is 5.50. The minimum absolute atomic E-state index is 0.0663. The summed E-state index contributed by atoms with van der Waals surface area (Å²) in [4.78, 5) is 12.2. The highest BCUT2D eigenvalue weighted by Gasteiger charge is 2.30. The van der Waals surface area contributed by atoms with Crippen LogP contribution < -0.4 is 0 Å². The van der Waals surface area contributed by atoms with Crippen LogP contribution in [0.2, 0.25) is 0 Å². The van der Waals surface area contributed by atoms with Gasteiger partial charge in [0.1, 0.15) is 0 Å². The van der Waals surface area contributed by atoms with E-state index in [9.17, 15) is 18.0 Å². The van der Waals surface area contributed by atoms with E-state index in [0.717, 1.165) is 15.7 Å². The van der Waals surface area contributed by atoms with Gasteiger partial charge in [-0.2, -0.15) is 13.2 Å². The summed E-state index contributed by atoms with van der Waals surface area (Å²) in [5.74, 6) is -0.139. The highest BCUT2D eigenvalue weighted by atomic mass is 127. The Balaban J connectivity index is 2.18. The zero-order valence-electron chi connectivity index (χ0n) is 10.5. The predicted molar refractivity (Wildman–Crippen MR) is 86.3 cm³/mol. The molecule has 0 aliphatic heterocycles. The van der Waals surface area contributed by atoms with Crippen LogP contribution in [0.4, 0.5) is 13.2 Å². The molecule has 0 amide bonds. The molecule has 0 N–H and O–H groups in total. The maximum absolute atomic E-state index is 12.5. The topological polar surface area (TPSA) is 17.1 Å². The number of Topliss-reactive ketones (excluding diaryl/α,β-unsaturated/α-hetero) is 1. The highest BCUT2D eigenvalue weighted by molar-refractivity contribution is 14.1. The van der Waals surface area contributed by atoms with Crippen molar-refractivity contribution < 1.29 is 18.0 Å². The van der Waals surface area contributed by atoms with E-state index in [0.29, 0.717) is 15.6 Å². The molecule has 0 aliphatic rings. The van der Waals surface area contributed by atoms with Crippen LogP contribution in [0.1, 0.15) is 21.5 Å². The van der Waals surface area contributed by atoms with E-state index >= 15 is 0 Å². The summed E-state index contributed by atoms with van der Waals surface area (Å²) < 4.78 is 39.0. The van der Waals surface area contributed by atoms with Gasteiger partial charge in [-0.15, -0.1) is 0 Å². The minimum atomic E-state index is -4.36. The van der Waals surface area contributed by atoms with E-state index in [2.05, 4.69) is 38.5 Å². The smallest absolute Gasteiger partial charge is 0.294 e. The van der Waals surface area contributed by atoms with Gasteiger partial charge in [-0.05, 0) is 58.5 Å². The van der Waals surface area contributed by atoms with Gasteiger partial charge in [-0.25, -0.2) is 0 Å². The molecule has 0 heterocycles. The van der Waals surface area contributed by atoms with E-state index in [1.807, 2.05) is 6.07 Å². The first-order valence-electron chi connectivity index (χ1n) is 5.92. The van der Waals surface area contributed by atoms with Crippen LogP contribution in [0.5, 0.6) is 0 Å². The average Bonchev–Trinajstić information content (AvgIpc) is 2.41. The SMILES string of the molecule is O=C(Cc1ccc(C(F)(F)F)cc1)c1cc(I)ccc1Br. The van der Waals surface area contributed by atoms with E-state index in [-0.39, 0.29) is 12.2 Å². The second-order valence-electron chi connectivity index (χ2n) is 4.42. The molecule has 0 spiro atoms. The molecular weight excluding hydrogens is 460 g/mol. The van der Waals surface area contributed by atoms with Crippen LogP contribution in [0.15, 0.2) is 46.9 Å². The Hall–Kier alpha value is -0.890. The van der Waals surface area contributed by atoms with Crippen LogP contribution in [0, 0.1) is 3.57 Å². The summed E-state index contributed by atoms with van der Waals surface area (Å²) in [7, 11) is 0. The molecule has 0 radical (unpaired) electrons. The largest absolute Gasteiger partial charge is 0.416 e. The third-order valence-electron chi connectivity index (χ3n) is 2.87. The normalized spacial score (nSPS) is 11.5. The van der Waals surface area contributed by atoms with Gasteiger partial charge < -0.3 is 0 Å². The first-order valence-corrected chi connectivity index (χ1v) is 7.79. The average molecular weight is 469 g/mol. The molecule has 0 atom stereocenters. The summed E-state index contributed by atoms with van der Waals surface area (Å²) in [5, 5.41) is 0. The fourth-order valence-electron chi connectivity index (χ4n) is 1.80. The first-order chi connectivity index (χ1) is 9.77. The van der Waals surface area contributed by atoms with Gasteiger partial charge in [0.2, 0.25) is 0 Å². The molecule has 0 saturated heterocycles. The Morgan fingerprint density at radius 1 is 1.10 bits per heavy atom. The second-order valence-corrected chi connectivity index (χ2v) is 6.52. The first kappa shape index (κ1) is 16.5. The Morgan fingerprint density at radius 3 is 2.29 bits per heavy atom. The lowest BCUT2D eigenvalue weighted by Crippen LogP contribution is -2.07. The van der Waals surface area contributed by atoms with Crippen molar-refractivity contribution in [2.75, 3.05) is 0 Å². The quantitative estimate of drug-likeness (QED) is 0.429. The van der Waals surface area contributed by atoms with Crippen molar-refractivity contribution in [3.8, 4) is 0 Å². The van der Waals surface area contributed by atoms with Gasteiger partial charge >= 0.3 is 6.18 Å². The Labute approximate surface area is 141 Å². The summed E-state index contributed by atoms with van der Waals surface area (Å²) >= 11 is 5.41. The van der Waals surface area contributed by atoms with Gasteiger partial charge in [0.15, 0.2) is 5.78 Å². The number of hydrogen-bond donors (Lipinski definition) is 0. The van der Waals surface area contributed by atoms with Crippen molar-refractivity contribution in [3.63, 3.8) is 0 Å². The molecule has 0 saturated carbocycles. The van der Waals surface area contributed by atoms with E-state index in [1.54, 1.807) is 12.1 Å². The number of alkyl halides is 3. The van der Waals surface area contributed by atoms with Crippen molar-refractivity contribution in [2.24, 2.45) is 0 Å². The molecule has 110 valence electrons. The molecular formula is C15H9BrF3IO. The molecule has 0 bridgehead atoms. The second kappa shape index (κ2) is 6.48. The minimum Gasteiger partial charge on any atom is -0.294 e. The summed E-state index contributed by atoms with van der Waals surface area (Å²) in [6.07, 6.45) is -4.29. The van der Waals surface area contributed by atoms with Crippen LogP contribution in [0.25, 0.3) is 0 Å². The lowest BCUT2D eigenvalue weighted by molar-refractivity contribution is -0.137. The standard InChI is InChI=1S/C15H9BrF3IO/c16-13-6-5-11(20)8-12(13)14(21)7-9-1-3-10(4-2-9)15(17,18)19/h1-6,8H,7H2. The molecule has 21 heavy (non-hydrogen) atoms. The molecule has 2 aromatic rings. The zero-order valence-corrected chi connectivity index (χ0v) is 14.3. The molecule has 2 rings (SSSR count). The number of rotatable bonds is 3. The van der Waals surface area contributed by atoms with Crippen molar-refractivity contribution in [1.82, 2.24) is 0 Å².